The lowest BCUT2D eigenvalue weighted by molar-refractivity contribution is -0.123. The number of hydrogen-bond donors (Lipinski definition) is 2. The van der Waals surface area contributed by atoms with E-state index in [0.717, 1.165) is 25.9 Å². The summed E-state index contributed by atoms with van der Waals surface area (Å²) in [5.41, 5.74) is 0. The maximum atomic E-state index is 11.2. The molecule has 0 atom stereocenters. The van der Waals surface area contributed by atoms with Gasteiger partial charge in [0.1, 0.15) is 0 Å². The summed E-state index contributed by atoms with van der Waals surface area (Å²) in [6.07, 6.45) is 3.83. The fourth-order valence-corrected chi connectivity index (χ4v) is 1.64. The number of piperidine rings is 1. The van der Waals surface area contributed by atoms with Crippen LogP contribution in [0.25, 0.3) is 0 Å². The molecular weight excluding hydrogens is 160 g/mol. The van der Waals surface area contributed by atoms with Crippen LogP contribution in [0, 0.1) is 5.92 Å². The van der Waals surface area contributed by atoms with Crippen molar-refractivity contribution < 1.29 is 4.79 Å². The average molecular weight is 174 g/mol. The maximum absolute atomic E-state index is 11.2. The topological polar surface area (TPSA) is 41.1 Å². The van der Waals surface area contributed by atoms with E-state index in [2.05, 4.69) is 10.0 Å². The van der Waals surface area contributed by atoms with E-state index in [1.54, 1.807) is 0 Å². The Morgan fingerprint density at radius 2 is 2.18 bits per heavy atom. The van der Waals surface area contributed by atoms with Crippen LogP contribution < -0.4 is 10.0 Å². The van der Waals surface area contributed by atoms with Crippen molar-refractivity contribution >= 4 is 17.9 Å². The van der Waals surface area contributed by atoms with Gasteiger partial charge < -0.3 is 10.0 Å². The van der Waals surface area contributed by atoms with Gasteiger partial charge in [0.15, 0.2) is 0 Å². The summed E-state index contributed by atoms with van der Waals surface area (Å²) >= 11 is 1.38. The highest BCUT2D eigenvalue weighted by Gasteiger charge is 2.19. The minimum atomic E-state index is 0.194. The van der Waals surface area contributed by atoms with Crippen molar-refractivity contribution in [3.63, 3.8) is 0 Å². The smallest absolute Gasteiger partial charge is 0.233 e. The number of nitrogens with one attached hydrogen (secondary N) is 2. The Kier molecular flexibility index (Phi) is 3.72. The van der Waals surface area contributed by atoms with Crippen LogP contribution in [0.3, 0.4) is 0 Å². The van der Waals surface area contributed by atoms with Crippen LogP contribution in [0.4, 0.5) is 0 Å². The summed E-state index contributed by atoms with van der Waals surface area (Å²) in [6, 6.07) is 0. The lowest BCUT2D eigenvalue weighted by atomic mass is 9.98. The quantitative estimate of drug-likeness (QED) is 0.595. The van der Waals surface area contributed by atoms with Gasteiger partial charge in [-0.05, 0) is 25.9 Å². The molecule has 2 N–H and O–H groups in total. The van der Waals surface area contributed by atoms with E-state index in [-0.39, 0.29) is 11.8 Å². The predicted octanol–water partition coefficient (Wildman–Crippen LogP) is 0.380. The Hall–Kier alpha value is -0.220. The Labute approximate surface area is 71.4 Å². The molecule has 0 spiro atoms. The zero-order valence-corrected chi connectivity index (χ0v) is 7.54. The maximum Gasteiger partial charge on any atom is 0.233 e. The largest absolute Gasteiger partial charge is 0.317 e. The molecule has 1 heterocycles. The van der Waals surface area contributed by atoms with Crippen LogP contribution in [-0.2, 0) is 4.79 Å². The molecule has 0 radical (unpaired) electrons. The fraction of sp³-hybridized carbons (Fsp3) is 0.857. The molecule has 3 nitrogen and oxygen atoms in total. The van der Waals surface area contributed by atoms with Crippen molar-refractivity contribution in [3.05, 3.63) is 0 Å². The number of amides is 1. The van der Waals surface area contributed by atoms with Crippen molar-refractivity contribution in [2.24, 2.45) is 5.92 Å². The summed E-state index contributed by atoms with van der Waals surface area (Å²) < 4.78 is 2.77. The van der Waals surface area contributed by atoms with Gasteiger partial charge in [-0.2, -0.15) is 0 Å². The molecule has 1 saturated heterocycles. The standard InChI is InChI=1S/C7H14N2OS/c1-11-9-7(10)6-2-4-8-5-3-6/h6,8H,2-5H2,1H3,(H,9,10). The normalized spacial score (nSPS) is 19.7. The zero-order valence-electron chi connectivity index (χ0n) is 6.72. The second-order valence-corrected chi connectivity index (χ2v) is 3.31. The van der Waals surface area contributed by atoms with Gasteiger partial charge in [-0.1, -0.05) is 11.9 Å². The van der Waals surface area contributed by atoms with Crippen molar-refractivity contribution in [1.82, 2.24) is 10.0 Å². The van der Waals surface area contributed by atoms with Crippen LogP contribution >= 0.6 is 11.9 Å². The Morgan fingerprint density at radius 3 is 2.73 bits per heavy atom. The van der Waals surface area contributed by atoms with E-state index >= 15 is 0 Å². The van der Waals surface area contributed by atoms with Crippen molar-refractivity contribution in [3.8, 4) is 0 Å². The number of rotatable bonds is 2. The summed E-state index contributed by atoms with van der Waals surface area (Å²) in [4.78, 5) is 11.2. The summed E-state index contributed by atoms with van der Waals surface area (Å²) in [6.45, 7) is 1.96. The van der Waals surface area contributed by atoms with Crippen LogP contribution in [-0.4, -0.2) is 25.3 Å². The second kappa shape index (κ2) is 4.62. The molecule has 4 heteroatoms. The van der Waals surface area contributed by atoms with Crippen LogP contribution in [0.2, 0.25) is 0 Å². The fourth-order valence-electron chi connectivity index (χ4n) is 1.27. The first kappa shape index (κ1) is 8.87. The van der Waals surface area contributed by atoms with Crippen LogP contribution in [0.1, 0.15) is 12.8 Å². The Balaban J connectivity index is 2.27. The van der Waals surface area contributed by atoms with Gasteiger partial charge in [-0.15, -0.1) is 0 Å². The van der Waals surface area contributed by atoms with E-state index in [1.807, 2.05) is 6.26 Å². The highest BCUT2D eigenvalue weighted by atomic mass is 32.2. The molecule has 11 heavy (non-hydrogen) atoms. The molecule has 1 aliphatic heterocycles. The molecule has 64 valence electrons. The predicted molar refractivity (Wildman–Crippen MR) is 47.3 cm³/mol. The van der Waals surface area contributed by atoms with Gasteiger partial charge in [-0.3, -0.25) is 4.79 Å². The highest BCUT2D eigenvalue weighted by molar-refractivity contribution is 7.97. The van der Waals surface area contributed by atoms with Crippen molar-refractivity contribution in [2.45, 2.75) is 12.8 Å². The molecule has 1 amide bonds. The molecule has 0 unspecified atom stereocenters. The van der Waals surface area contributed by atoms with Gasteiger partial charge >= 0.3 is 0 Å². The van der Waals surface area contributed by atoms with Gasteiger partial charge in [0.2, 0.25) is 5.91 Å². The first-order chi connectivity index (χ1) is 5.34. The van der Waals surface area contributed by atoms with E-state index in [1.165, 1.54) is 11.9 Å². The second-order valence-electron chi connectivity index (χ2n) is 2.69. The molecule has 1 rings (SSSR count). The molecule has 0 aliphatic carbocycles. The van der Waals surface area contributed by atoms with E-state index < -0.39 is 0 Å². The molecule has 0 bridgehead atoms. The third-order valence-electron chi connectivity index (χ3n) is 1.91. The van der Waals surface area contributed by atoms with E-state index in [0.29, 0.717) is 0 Å². The van der Waals surface area contributed by atoms with Crippen molar-refractivity contribution in [2.75, 3.05) is 19.3 Å². The first-order valence-electron chi connectivity index (χ1n) is 3.88. The van der Waals surface area contributed by atoms with Gasteiger partial charge in [0.05, 0.1) is 0 Å². The Bertz CT molecular complexity index is 134. The van der Waals surface area contributed by atoms with E-state index in [9.17, 15) is 4.79 Å². The SMILES string of the molecule is CSNC(=O)C1CCNCC1. The minimum absolute atomic E-state index is 0.194. The molecule has 0 aromatic heterocycles. The molecule has 1 aliphatic rings. The van der Waals surface area contributed by atoms with Gasteiger partial charge in [-0.25, -0.2) is 0 Å². The molecule has 0 aromatic carbocycles. The molecule has 0 aromatic rings. The third-order valence-corrected chi connectivity index (χ3v) is 2.32. The number of hydrogen-bond acceptors (Lipinski definition) is 3. The molecule has 1 fully saturated rings. The van der Waals surface area contributed by atoms with Gasteiger partial charge in [0.25, 0.3) is 0 Å². The summed E-state index contributed by atoms with van der Waals surface area (Å²) in [5, 5.41) is 3.22. The lowest BCUT2D eigenvalue weighted by Crippen LogP contribution is -2.35. The zero-order chi connectivity index (χ0) is 8.10. The number of carbonyl (C=O) groups excluding carboxylic acids is 1. The van der Waals surface area contributed by atoms with E-state index in [4.69, 9.17) is 0 Å². The van der Waals surface area contributed by atoms with Crippen LogP contribution in [0.15, 0.2) is 0 Å². The molecule has 0 saturated carbocycles. The third kappa shape index (κ3) is 2.71. The van der Waals surface area contributed by atoms with Crippen LogP contribution in [0.5, 0.6) is 0 Å². The minimum Gasteiger partial charge on any atom is -0.317 e. The van der Waals surface area contributed by atoms with Gasteiger partial charge in [0, 0.05) is 12.2 Å². The van der Waals surface area contributed by atoms with Crippen molar-refractivity contribution in [1.29, 1.82) is 0 Å². The first-order valence-corrected chi connectivity index (χ1v) is 5.10. The lowest BCUT2D eigenvalue weighted by Gasteiger charge is -2.20. The summed E-state index contributed by atoms with van der Waals surface area (Å²) in [5.74, 6) is 0.433. The highest BCUT2D eigenvalue weighted by Crippen LogP contribution is 2.11. The molecular formula is C7H14N2OS. The monoisotopic (exact) mass is 174 g/mol. The Morgan fingerprint density at radius 1 is 1.55 bits per heavy atom. The number of carbonyl (C=O) groups is 1. The summed E-state index contributed by atoms with van der Waals surface area (Å²) in [7, 11) is 0. The average Bonchev–Trinajstić information content (AvgIpc) is 2.07.